The lowest BCUT2D eigenvalue weighted by atomic mass is 10.1. The van der Waals surface area contributed by atoms with Crippen LogP contribution in [0, 0.1) is 0 Å². The first-order valence-corrected chi connectivity index (χ1v) is 10.3. The average molecular weight is 407 g/mol. The summed E-state index contributed by atoms with van der Waals surface area (Å²) in [4.78, 5) is 15.4. The van der Waals surface area contributed by atoms with Crippen molar-refractivity contribution in [1.29, 1.82) is 0 Å². The highest BCUT2D eigenvalue weighted by Crippen LogP contribution is 2.25. The second-order valence-electron chi connectivity index (χ2n) is 7.38. The molecule has 6 heteroatoms. The molecular weight excluding hydrogens is 376 g/mol. The molecule has 0 bridgehead atoms. The summed E-state index contributed by atoms with van der Waals surface area (Å²) >= 11 is 0. The summed E-state index contributed by atoms with van der Waals surface area (Å²) in [7, 11) is 1.63. The molecule has 1 N–H and O–H groups in total. The van der Waals surface area contributed by atoms with Crippen molar-refractivity contribution < 1.29 is 9.53 Å². The second kappa shape index (κ2) is 10.1. The van der Waals surface area contributed by atoms with E-state index in [0.717, 1.165) is 30.1 Å². The molecule has 0 aliphatic heterocycles. The van der Waals surface area contributed by atoms with Crippen LogP contribution < -0.4 is 10.1 Å². The Morgan fingerprint density at radius 2 is 1.83 bits per heavy atom. The lowest BCUT2D eigenvalue weighted by Crippen LogP contribution is -2.38. The number of aromatic nitrogens is 2. The van der Waals surface area contributed by atoms with E-state index in [1.54, 1.807) is 18.0 Å². The molecule has 1 heterocycles. The lowest BCUT2D eigenvalue weighted by Gasteiger charge is -2.24. The molecule has 0 spiro atoms. The highest BCUT2D eigenvalue weighted by molar-refractivity contribution is 6.00. The SMILES string of the molecule is CCN(CCNC(=O)c1cn(-c2ccccc2)nc1-c1ccc(OC)cc1)C(C)C. The third kappa shape index (κ3) is 5.07. The van der Waals surface area contributed by atoms with Crippen molar-refractivity contribution in [2.75, 3.05) is 26.7 Å². The molecule has 6 nitrogen and oxygen atoms in total. The van der Waals surface area contributed by atoms with Gasteiger partial charge in [0.05, 0.1) is 18.4 Å². The Morgan fingerprint density at radius 3 is 2.43 bits per heavy atom. The smallest absolute Gasteiger partial charge is 0.255 e. The van der Waals surface area contributed by atoms with E-state index in [1.807, 2.05) is 54.6 Å². The van der Waals surface area contributed by atoms with Gasteiger partial charge in [0.15, 0.2) is 0 Å². The molecule has 2 aromatic carbocycles. The van der Waals surface area contributed by atoms with Crippen molar-refractivity contribution in [2.45, 2.75) is 26.8 Å². The Hall–Kier alpha value is -3.12. The Labute approximate surface area is 178 Å². The minimum Gasteiger partial charge on any atom is -0.497 e. The van der Waals surface area contributed by atoms with Crippen LogP contribution in [0.15, 0.2) is 60.8 Å². The van der Waals surface area contributed by atoms with E-state index < -0.39 is 0 Å². The van der Waals surface area contributed by atoms with E-state index in [2.05, 4.69) is 31.0 Å². The van der Waals surface area contributed by atoms with Crippen LogP contribution in [0.4, 0.5) is 0 Å². The lowest BCUT2D eigenvalue weighted by molar-refractivity contribution is 0.0946. The summed E-state index contributed by atoms with van der Waals surface area (Å²) in [5, 5.41) is 7.78. The Balaban J connectivity index is 1.87. The van der Waals surface area contributed by atoms with E-state index >= 15 is 0 Å². The average Bonchev–Trinajstić information content (AvgIpc) is 3.22. The molecule has 3 rings (SSSR count). The zero-order valence-corrected chi connectivity index (χ0v) is 18.1. The van der Waals surface area contributed by atoms with Gasteiger partial charge in [-0.2, -0.15) is 5.10 Å². The van der Waals surface area contributed by atoms with E-state index in [4.69, 9.17) is 9.84 Å². The van der Waals surface area contributed by atoms with Gasteiger partial charge < -0.3 is 10.1 Å². The molecule has 0 fully saturated rings. The number of ether oxygens (including phenoxy) is 1. The summed E-state index contributed by atoms with van der Waals surface area (Å²) in [6, 6.07) is 17.8. The van der Waals surface area contributed by atoms with Gasteiger partial charge in [0.2, 0.25) is 0 Å². The van der Waals surface area contributed by atoms with Gasteiger partial charge in [-0.25, -0.2) is 4.68 Å². The predicted molar refractivity (Wildman–Crippen MR) is 120 cm³/mol. The van der Waals surface area contributed by atoms with Gasteiger partial charge in [0, 0.05) is 30.9 Å². The highest BCUT2D eigenvalue weighted by atomic mass is 16.5. The number of hydrogen-bond acceptors (Lipinski definition) is 4. The van der Waals surface area contributed by atoms with E-state index in [-0.39, 0.29) is 5.91 Å². The fraction of sp³-hybridized carbons (Fsp3) is 0.333. The normalized spacial score (nSPS) is 11.1. The third-order valence-corrected chi connectivity index (χ3v) is 5.16. The van der Waals surface area contributed by atoms with Gasteiger partial charge in [0.25, 0.3) is 5.91 Å². The topological polar surface area (TPSA) is 59.4 Å². The molecular formula is C24H30N4O2. The van der Waals surface area contributed by atoms with Crippen molar-refractivity contribution in [3.63, 3.8) is 0 Å². The van der Waals surface area contributed by atoms with Gasteiger partial charge in [0.1, 0.15) is 11.4 Å². The second-order valence-corrected chi connectivity index (χ2v) is 7.38. The molecule has 0 unspecified atom stereocenters. The Bertz CT molecular complexity index is 949. The summed E-state index contributed by atoms with van der Waals surface area (Å²) in [5.74, 6) is 0.642. The standard InChI is InChI=1S/C24H30N4O2/c1-5-27(18(2)3)16-15-25-24(29)22-17-28(20-9-7-6-8-10-20)26-23(22)19-11-13-21(30-4)14-12-19/h6-14,17-18H,5,15-16H2,1-4H3,(H,25,29). The van der Waals surface area contributed by atoms with Crippen molar-refractivity contribution in [3.8, 4) is 22.7 Å². The summed E-state index contributed by atoms with van der Waals surface area (Å²) in [6.45, 7) is 8.81. The molecule has 0 aliphatic carbocycles. The number of carbonyl (C=O) groups excluding carboxylic acids is 1. The number of para-hydroxylation sites is 1. The molecule has 30 heavy (non-hydrogen) atoms. The van der Waals surface area contributed by atoms with Crippen LogP contribution in [-0.2, 0) is 0 Å². The maximum atomic E-state index is 13.0. The number of nitrogens with one attached hydrogen (secondary N) is 1. The molecule has 158 valence electrons. The Kier molecular flexibility index (Phi) is 7.25. The molecule has 0 atom stereocenters. The van der Waals surface area contributed by atoms with Crippen molar-refractivity contribution >= 4 is 5.91 Å². The van der Waals surface area contributed by atoms with Crippen molar-refractivity contribution in [2.24, 2.45) is 0 Å². The maximum absolute atomic E-state index is 13.0. The molecule has 0 aliphatic rings. The third-order valence-electron chi connectivity index (χ3n) is 5.16. The number of benzene rings is 2. The summed E-state index contributed by atoms with van der Waals surface area (Å²) in [6.07, 6.45) is 1.80. The highest BCUT2D eigenvalue weighted by Gasteiger charge is 2.19. The fourth-order valence-electron chi connectivity index (χ4n) is 3.40. The number of nitrogens with zero attached hydrogens (tertiary/aromatic N) is 3. The van der Waals surface area contributed by atoms with Crippen LogP contribution in [0.2, 0.25) is 0 Å². The van der Waals surface area contributed by atoms with E-state index in [9.17, 15) is 4.79 Å². The Morgan fingerprint density at radius 1 is 1.13 bits per heavy atom. The van der Waals surface area contributed by atoms with Gasteiger partial charge >= 0.3 is 0 Å². The van der Waals surface area contributed by atoms with Crippen LogP contribution in [0.1, 0.15) is 31.1 Å². The minimum atomic E-state index is -0.122. The number of amides is 1. The molecule has 0 saturated carbocycles. The monoisotopic (exact) mass is 406 g/mol. The quantitative estimate of drug-likeness (QED) is 0.583. The van der Waals surface area contributed by atoms with Gasteiger partial charge in [-0.3, -0.25) is 9.69 Å². The maximum Gasteiger partial charge on any atom is 0.255 e. The molecule has 1 aromatic heterocycles. The summed E-state index contributed by atoms with van der Waals surface area (Å²) in [5.41, 5.74) is 2.98. The van der Waals surface area contributed by atoms with Crippen LogP contribution in [0.25, 0.3) is 16.9 Å². The van der Waals surface area contributed by atoms with Crippen LogP contribution in [0.5, 0.6) is 5.75 Å². The molecule has 1 amide bonds. The fourth-order valence-corrected chi connectivity index (χ4v) is 3.40. The number of rotatable bonds is 9. The zero-order valence-electron chi connectivity index (χ0n) is 18.1. The molecule has 0 radical (unpaired) electrons. The van der Waals surface area contributed by atoms with E-state index in [1.165, 1.54) is 0 Å². The van der Waals surface area contributed by atoms with Crippen molar-refractivity contribution in [1.82, 2.24) is 20.0 Å². The molecule has 0 saturated heterocycles. The van der Waals surface area contributed by atoms with E-state index in [0.29, 0.717) is 23.8 Å². The first-order chi connectivity index (χ1) is 14.5. The van der Waals surface area contributed by atoms with Gasteiger partial charge in [-0.05, 0) is 56.8 Å². The van der Waals surface area contributed by atoms with Crippen LogP contribution >= 0.6 is 0 Å². The van der Waals surface area contributed by atoms with Crippen LogP contribution in [0.3, 0.4) is 0 Å². The van der Waals surface area contributed by atoms with Crippen molar-refractivity contribution in [3.05, 3.63) is 66.4 Å². The summed E-state index contributed by atoms with van der Waals surface area (Å²) < 4.78 is 7.00. The predicted octanol–water partition coefficient (Wildman–Crippen LogP) is 4.01. The first kappa shape index (κ1) is 21.6. The number of hydrogen-bond donors (Lipinski definition) is 1. The first-order valence-electron chi connectivity index (χ1n) is 10.3. The zero-order chi connectivity index (χ0) is 21.5. The number of methoxy groups -OCH3 is 1. The minimum absolute atomic E-state index is 0.122. The molecule has 3 aromatic rings. The number of likely N-dealkylation sites (N-methyl/N-ethyl adjacent to an activating group) is 1. The van der Waals surface area contributed by atoms with Gasteiger partial charge in [-0.1, -0.05) is 25.1 Å². The van der Waals surface area contributed by atoms with Crippen LogP contribution in [-0.4, -0.2) is 53.4 Å². The van der Waals surface area contributed by atoms with Gasteiger partial charge in [-0.15, -0.1) is 0 Å². The largest absolute Gasteiger partial charge is 0.497 e. The number of carbonyl (C=O) groups is 1.